The molecule has 0 spiro atoms. The number of cyclic esters (lactones) is 1. The van der Waals surface area contributed by atoms with Crippen LogP contribution in [0.15, 0.2) is 24.3 Å². The molecule has 1 aliphatic rings. The highest BCUT2D eigenvalue weighted by Crippen LogP contribution is 2.45. The second-order valence-electron chi connectivity index (χ2n) is 7.14. The summed E-state index contributed by atoms with van der Waals surface area (Å²) in [7, 11) is 1.39. The Labute approximate surface area is 164 Å². The molecule has 2 aromatic carbocycles. The largest absolute Gasteiger partial charge is 0.495 e. The van der Waals surface area contributed by atoms with E-state index >= 15 is 0 Å². The summed E-state index contributed by atoms with van der Waals surface area (Å²) >= 11 is 0. The van der Waals surface area contributed by atoms with Crippen molar-refractivity contribution in [2.45, 2.75) is 33.8 Å². The summed E-state index contributed by atoms with van der Waals surface area (Å²) in [4.78, 5) is 24.4. The number of rotatable bonds is 6. The zero-order valence-electron chi connectivity index (χ0n) is 16.5. The van der Waals surface area contributed by atoms with E-state index in [4.69, 9.17) is 18.9 Å². The Morgan fingerprint density at radius 2 is 2.04 bits per heavy atom. The summed E-state index contributed by atoms with van der Waals surface area (Å²) < 4.78 is 22.8. The Morgan fingerprint density at radius 1 is 1.25 bits per heavy atom. The van der Waals surface area contributed by atoms with Crippen molar-refractivity contribution < 1.29 is 28.5 Å². The summed E-state index contributed by atoms with van der Waals surface area (Å²) in [5.74, 6) is 0.997. The number of hydrogen-bond donors (Lipinski definition) is 0. The van der Waals surface area contributed by atoms with E-state index in [0.29, 0.717) is 30.3 Å². The minimum Gasteiger partial charge on any atom is -0.495 e. The van der Waals surface area contributed by atoms with Crippen molar-refractivity contribution in [3.8, 4) is 23.0 Å². The molecular formula is C22H24O6. The Hall–Kier alpha value is -3.02. The third kappa shape index (κ3) is 3.96. The summed E-state index contributed by atoms with van der Waals surface area (Å²) in [6, 6.07) is 7.18. The zero-order valence-corrected chi connectivity index (χ0v) is 16.5. The van der Waals surface area contributed by atoms with Gasteiger partial charge in [0.25, 0.3) is 0 Å². The average Bonchev–Trinajstić information content (AvgIpc) is 2.66. The number of ether oxygens (including phenoxy) is 4. The van der Waals surface area contributed by atoms with E-state index in [2.05, 4.69) is 13.8 Å². The van der Waals surface area contributed by atoms with Gasteiger partial charge in [-0.25, -0.2) is 4.79 Å². The fraction of sp³-hybridized carbons (Fsp3) is 0.364. The smallest absolute Gasteiger partial charge is 0.346 e. The Bertz CT molecular complexity index is 900. The first kappa shape index (κ1) is 19.7. The molecule has 1 aliphatic heterocycles. The van der Waals surface area contributed by atoms with Gasteiger partial charge in [0.1, 0.15) is 23.7 Å². The van der Waals surface area contributed by atoms with E-state index in [-0.39, 0.29) is 29.2 Å². The van der Waals surface area contributed by atoms with Crippen LogP contribution in [0, 0.1) is 12.8 Å². The topological polar surface area (TPSA) is 71.1 Å². The van der Waals surface area contributed by atoms with Crippen LogP contribution in [0.4, 0.5) is 0 Å². The Morgan fingerprint density at radius 3 is 2.71 bits per heavy atom. The third-order valence-corrected chi connectivity index (χ3v) is 4.50. The molecule has 28 heavy (non-hydrogen) atoms. The molecule has 6 nitrogen and oxygen atoms in total. The number of benzene rings is 2. The van der Waals surface area contributed by atoms with Crippen molar-refractivity contribution in [2.75, 3.05) is 13.7 Å². The van der Waals surface area contributed by atoms with E-state index < -0.39 is 5.97 Å². The highest BCUT2D eigenvalue weighted by Gasteiger charge is 2.30. The average molecular weight is 384 g/mol. The highest BCUT2D eigenvalue weighted by molar-refractivity contribution is 6.00. The summed E-state index contributed by atoms with van der Waals surface area (Å²) in [6.45, 7) is 6.62. The number of aryl methyl sites for hydroxylation is 1. The minimum atomic E-state index is -0.628. The van der Waals surface area contributed by atoms with Crippen LogP contribution in [0.3, 0.4) is 0 Å². The van der Waals surface area contributed by atoms with Crippen molar-refractivity contribution in [1.29, 1.82) is 0 Å². The van der Waals surface area contributed by atoms with Gasteiger partial charge in [-0.1, -0.05) is 25.5 Å². The van der Waals surface area contributed by atoms with Gasteiger partial charge in [-0.15, -0.1) is 0 Å². The molecule has 0 aromatic heterocycles. The molecule has 1 heterocycles. The summed E-state index contributed by atoms with van der Waals surface area (Å²) in [5, 5.41) is 0. The van der Waals surface area contributed by atoms with Crippen LogP contribution < -0.4 is 14.2 Å². The lowest BCUT2D eigenvalue weighted by molar-refractivity contribution is 0.0454. The van der Waals surface area contributed by atoms with Gasteiger partial charge < -0.3 is 18.9 Å². The molecule has 0 bridgehead atoms. The molecule has 0 atom stereocenters. The van der Waals surface area contributed by atoms with Crippen molar-refractivity contribution in [1.82, 2.24) is 0 Å². The van der Waals surface area contributed by atoms with Gasteiger partial charge in [-0.05, 0) is 37.5 Å². The maximum absolute atomic E-state index is 12.8. The molecule has 0 N–H and O–H groups in total. The van der Waals surface area contributed by atoms with Crippen molar-refractivity contribution in [3.63, 3.8) is 0 Å². The number of esters is 1. The molecular weight excluding hydrogens is 360 g/mol. The van der Waals surface area contributed by atoms with Gasteiger partial charge in [0.2, 0.25) is 0 Å². The van der Waals surface area contributed by atoms with Gasteiger partial charge in [-0.2, -0.15) is 0 Å². The fourth-order valence-corrected chi connectivity index (χ4v) is 2.99. The predicted octanol–water partition coefficient (Wildman–Crippen LogP) is 4.70. The van der Waals surface area contributed by atoms with Gasteiger partial charge in [0, 0.05) is 5.56 Å². The molecule has 6 heteroatoms. The molecule has 0 aliphatic carbocycles. The lowest BCUT2D eigenvalue weighted by atomic mass is 10.1. The maximum Gasteiger partial charge on any atom is 0.346 e. The van der Waals surface area contributed by atoms with Gasteiger partial charge in [0.05, 0.1) is 19.3 Å². The van der Waals surface area contributed by atoms with Gasteiger partial charge >= 0.3 is 5.97 Å². The number of methoxy groups -OCH3 is 1. The van der Waals surface area contributed by atoms with E-state index in [9.17, 15) is 9.59 Å². The number of carbonyl (C=O) groups is 2. The normalized spacial score (nSPS) is 12.8. The summed E-state index contributed by atoms with van der Waals surface area (Å²) in [6.07, 6.45) is 1.44. The number of hydrogen-bond acceptors (Lipinski definition) is 6. The Kier molecular flexibility index (Phi) is 5.87. The zero-order chi connectivity index (χ0) is 20.3. The van der Waals surface area contributed by atoms with Gasteiger partial charge in [0.15, 0.2) is 17.8 Å². The maximum atomic E-state index is 12.8. The second kappa shape index (κ2) is 8.33. The SMILES string of the molecule is COc1c(C=O)cc(OCCC(C)C)c2c1C(=O)OCc1cc(C)ccc1O2. The first-order valence-electron chi connectivity index (χ1n) is 9.22. The van der Waals surface area contributed by atoms with E-state index in [1.807, 2.05) is 25.1 Å². The molecule has 0 amide bonds. The van der Waals surface area contributed by atoms with Crippen molar-refractivity contribution in [2.24, 2.45) is 5.92 Å². The molecule has 0 unspecified atom stereocenters. The number of fused-ring (bicyclic) bond motifs is 2. The molecule has 148 valence electrons. The molecule has 0 saturated heterocycles. The quantitative estimate of drug-likeness (QED) is 0.531. The van der Waals surface area contributed by atoms with E-state index in [0.717, 1.165) is 17.5 Å². The second-order valence-corrected chi connectivity index (χ2v) is 7.14. The van der Waals surface area contributed by atoms with Crippen LogP contribution >= 0.6 is 0 Å². The lowest BCUT2D eigenvalue weighted by Crippen LogP contribution is -2.15. The fourth-order valence-electron chi connectivity index (χ4n) is 2.99. The van der Waals surface area contributed by atoms with Crippen molar-refractivity contribution in [3.05, 3.63) is 46.5 Å². The molecule has 3 rings (SSSR count). The number of carbonyl (C=O) groups excluding carboxylic acids is 2. The molecule has 2 aromatic rings. The van der Waals surface area contributed by atoms with E-state index in [1.54, 1.807) is 0 Å². The first-order valence-corrected chi connectivity index (χ1v) is 9.22. The van der Waals surface area contributed by atoms with Crippen LogP contribution in [-0.2, 0) is 11.3 Å². The highest BCUT2D eigenvalue weighted by atomic mass is 16.6. The lowest BCUT2D eigenvalue weighted by Gasteiger charge is -2.23. The minimum absolute atomic E-state index is 0.0536. The molecule has 0 fully saturated rings. The molecule has 0 radical (unpaired) electrons. The predicted molar refractivity (Wildman–Crippen MR) is 104 cm³/mol. The first-order chi connectivity index (χ1) is 13.4. The van der Waals surface area contributed by atoms with Crippen molar-refractivity contribution >= 4 is 12.3 Å². The van der Waals surface area contributed by atoms with Crippen LogP contribution in [0.5, 0.6) is 23.0 Å². The Balaban J connectivity index is 2.15. The van der Waals surface area contributed by atoms with E-state index in [1.165, 1.54) is 13.2 Å². The third-order valence-electron chi connectivity index (χ3n) is 4.50. The number of aldehydes is 1. The molecule has 0 saturated carbocycles. The van der Waals surface area contributed by atoms with Crippen LogP contribution in [0.2, 0.25) is 0 Å². The van der Waals surface area contributed by atoms with Crippen LogP contribution in [0.1, 0.15) is 52.1 Å². The monoisotopic (exact) mass is 384 g/mol. The van der Waals surface area contributed by atoms with Crippen LogP contribution in [0.25, 0.3) is 0 Å². The summed E-state index contributed by atoms with van der Waals surface area (Å²) in [5.41, 5.74) is 2.04. The standard InChI is InChI=1S/C22H24O6/c1-13(2)7-8-26-18-10-15(11-23)20(25-4)19-21(18)28-17-6-5-14(3)9-16(17)12-27-22(19)24/h5-6,9-11,13H,7-8,12H2,1-4H3. The van der Waals surface area contributed by atoms with Crippen LogP contribution in [-0.4, -0.2) is 26.0 Å². The van der Waals surface area contributed by atoms with Gasteiger partial charge in [-0.3, -0.25) is 4.79 Å².